The van der Waals surface area contributed by atoms with Gasteiger partial charge in [-0.25, -0.2) is 0 Å². The van der Waals surface area contributed by atoms with E-state index in [4.69, 9.17) is 19.3 Å². The molecule has 0 rings (SSSR count). The highest BCUT2D eigenvalue weighted by molar-refractivity contribution is 4.54. The third-order valence-electron chi connectivity index (χ3n) is 4.82. The van der Waals surface area contributed by atoms with Crippen LogP contribution in [0, 0.1) is 0 Å². The van der Waals surface area contributed by atoms with E-state index in [9.17, 15) is 0 Å². The van der Waals surface area contributed by atoms with Crippen LogP contribution in [0.25, 0.3) is 0 Å². The molecule has 0 aliphatic carbocycles. The summed E-state index contributed by atoms with van der Waals surface area (Å²) in [5.41, 5.74) is 0. The van der Waals surface area contributed by atoms with Crippen LogP contribution in [-0.2, 0) is 14.2 Å². The second-order valence-corrected chi connectivity index (χ2v) is 7.33. The minimum absolute atomic E-state index is 0.0341. The Kier molecular flexibility index (Phi) is 22.7. The number of rotatable bonds is 22. The minimum Gasteiger partial charge on any atom is -0.394 e. The summed E-state index contributed by atoms with van der Waals surface area (Å²) in [7, 11) is 1.67. The lowest BCUT2D eigenvalue weighted by Gasteiger charge is -2.15. The Morgan fingerprint density at radius 2 is 1.04 bits per heavy atom. The molecule has 0 bridgehead atoms. The number of ether oxygens (including phenoxy) is 3. The molecule has 0 amide bonds. The highest BCUT2D eigenvalue weighted by Gasteiger charge is 2.07. The Hall–Kier alpha value is -0.160. The molecule has 1 atom stereocenters. The number of methoxy groups -OCH3 is 1. The summed E-state index contributed by atoms with van der Waals surface area (Å²) in [6, 6.07) is 0. The molecule has 0 aliphatic heterocycles. The molecule has 0 radical (unpaired) electrons. The van der Waals surface area contributed by atoms with E-state index in [1.165, 1.54) is 83.5 Å². The van der Waals surface area contributed by atoms with Crippen molar-refractivity contribution in [2.24, 2.45) is 0 Å². The summed E-state index contributed by atoms with van der Waals surface area (Å²) in [5, 5.41) is 8.68. The fourth-order valence-electron chi connectivity index (χ4n) is 3.08. The van der Waals surface area contributed by atoms with E-state index >= 15 is 0 Å². The lowest BCUT2D eigenvalue weighted by Crippen LogP contribution is -2.25. The molecule has 0 aliphatic rings. The van der Waals surface area contributed by atoms with Gasteiger partial charge in [0.25, 0.3) is 0 Å². The molecular weight excluding hydrogens is 328 g/mol. The quantitative estimate of drug-likeness (QED) is 0.254. The fraction of sp³-hybridized carbons (Fsp3) is 1.00. The predicted molar refractivity (Wildman–Crippen MR) is 110 cm³/mol. The van der Waals surface area contributed by atoms with Gasteiger partial charge in [0, 0.05) is 13.7 Å². The smallest absolute Gasteiger partial charge is 0.104 e. The molecule has 0 aromatic carbocycles. The van der Waals surface area contributed by atoms with Gasteiger partial charge in [0.2, 0.25) is 0 Å². The van der Waals surface area contributed by atoms with Crippen molar-refractivity contribution in [2.45, 2.75) is 103 Å². The lowest BCUT2D eigenvalue weighted by atomic mass is 10.0. The zero-order valence-electron chi connectivity index (χ0n) is 17.7. The number of aliphatic hydroxyl groups is 1. The van der Waals surface area contributed by atoms with Gasteiger partial charge in [-0.3, -0.25) is 0 Å². The maximum Gasteiger partial charge on any atom is 0.104 e. The summed E-state index contributed by atoms with van der Waals surface area (Å²) < 4.78 is 16.2. The van der Waals surface area contributed by atoms with E-state index in [0.29, 0.717) is 19.8 Å². The van der Waals surface area contributed by atoms with Gasteiger partial charge in [-0.15, -0.1) is 0 Å². The van der Waals surface area contributed by atoms with E-state index in [2.05, 4.69) is 6.92 Å². The van der Waals surface area contributed by atoms with E-state index in [1.807, 2.05) is 0 Å². The van der Waals surface area contributed by atoms with E-state index in [-0.39, 0.29) is 12.7 Å². The molecule has 0 spiro atoms. The van der Waals surface area contributed by atoms with Gasteiger partial charge in [0.1, 0.15) is 6.10 Å². The first-order valence-electron chi connectivity index (χ1n) is 11.1. The van der Waals surface area contributed by atoms with Crippen molar-refractivity contribution in [3.63, 3.8) is 0 Å². The predicted octanol–water partition coefficient (Wildman–Crippen LogP) is 5.51. The molecule has 26 heavy (non-hydrogen) atoms. The number of aliphatic hydroxyl groups excluding tert-OH is 1. The summed E-state index contributed by atoms with van der Waals surface area (Å²) in [6.07, 6.45) is 19.2. The van der Waals surface area contributed by atoms with Crippen LogP contribution < -0.4 is 0 Å². The molecule has 0 fully saturated rings. The van der Waals surface area contributed by atoms with Gasteiger partial charge >= 0.3 is 0 Å². The van der Waals surface area contributed by atoms with Gasteiger partial charge in [-0.2, -0.15) is 0 Å². The van der Waals surface area contributed by atoms with Crippen molar-refractivity contribution in [1.82, 2.24) is 0 Å². The van der Waals surface area contributed by atoms with Gasteiger partial charge in [0.05, 0.1) is 26.4 Å². The van der Waals surface area contributed by atoms with Crippen molar-refractivity contribution >= 4 is 0 Å². The number of hydrogen-bond acceptors (Lipinski definition) is 4. The van der Waals surface area contributed by atoms with E-state index < -0.39 is 0 Å². The average Bonchev–Trinajstić information content (AvgIpc) is 2.66. The van der Waals surface area contributed by atoms with E-state index in [1.54, 1.807) is 7.11 Å². The molecule has 0 saturated carbocycles. The van der Waals surface area contributed by atoms with Crippen LogP contribution >= 0.6 is 0 Å². The van der Waals surface area contributed by atoms with Gasteiger partial charge < -0.3 is 19.3 Å². The molecule has 1 N–H and O–H groups in total. The lowest BCUT2D eigenvalue weighted by molar-refractivity contribution is -0.0459. The summed E-state index contributed by atoms with van der Waals surface area (Å²) in [5.74, 6) is 0. The van der Waals surface area contributed by atoms with Gasteiger partial charge in [-0.1, -0.05) is 90.4 Å². The van der Waals surface area contributed by atoms with Gasteiger partial charge in [0.15, 0.2) is 0 Å². The molecule has 158 valence electrons. The molecule has 0 heterocycles. The molecule has 4 heteroatoms. The van der Waals surface area contributed by atoms with Crippen molar-refractivity contribution in [3.05, 3.63) is 0 Å². The van der Waals surface area contributed by atoms with Crippen LogP contribution in [-0.4, -0.2) is 51.4 Å². The molecule has 0 aromatic rings. The maximum atomic E-state index is 8.68. The summed E-state index contributed by atoms with van der Waals surface area (Å²) in [6.45, 7) is 4.55. The van der Waals surface area contributed by atoms with E-state index in [0.717, 1.165) is 13.0 Å². The summed E-state index contributed by atoms with van der Waals surface area (Å²) in [4.78, 5) is 0. The van der Waals surface area contributed by atoms with Crippen LogP contribution in [0.1, 0.15) is 96.8 Å². The molecule has 1 unspecified atom stereocenters. The third-order valence-corrected chi connectivity index (χ3v) is 4.82. The SMILES string of the molecule is CCCCCCCCCCCCCCCCOCC(COCCO)OC. The Morgan fingerprint density at radius 1 is 0.615 bits per heavy atom. The topological polar surface area (TPSA) is 47.9 Å². The van der Waals surface area contributed by atoms with Crippen molar-refractivity contribution < 1.29 is 19.3 Å². The normalized spacial score (nSPS) is 12.6. The standard InChI is InChI=1S/C22H46O4/c1-3-4-5-6-7-8-9-10-11-12-13-14-15-16-18-25-20-22(24-2)21-26-19-17-23/h22-23H,3-21H2,1-2H3. The number of hydrogen-bond donors (Lipinski definition) is 1. The van der Waals surface area contributed by atoms with Crippen molar-refractivity contribution in [3.8, 4) is 0 Å². The first kappa shape index (κ1) is 25.8. The number of unbranched alkanes of at least 4 members (excludes halogenated alkanes) is 13. The maximum absolute atomic E-state index is 8.68. The zero-order chi connectivity index (χ0) is 19.1. The molecular formula is C22H46O4. The Labute approximate surface area is 163 Å². The first-order chi connectivity index (χ1) is 12.8. The Balaban J connectivity index is 3.14. The van der Waals surface area contributed by atoms with Crippen LogP contribution in [0.5, 0.6) is 0 Å². The highest BCUT2D eigenvalue weighted by Crippen LogP contribution is 2.13. The fourth-order valence-corrected chi connectivity index (χ4v) is 3.08. The van der Waals surface area contributed by atoms with Gasteiger partial charge in [-0.05, 0) is 6.42 Å². The molecule has 0 aromatic heterocycles. The zero-order valence-corrected chi connectivity index (χ0v) is 17.7. The molecule has 0 saturated heterocycles. The second-order valence-electron chi connectivity index (χ2n) is 7.33. The van der Waals surface area contributed by atoms with Crippen molar-refractivity contribution in [2.75, 3.05) is 40.1 Å². The van der Waals surface area contributed by atoms with Crippen LogP contribution in [0.15, 0.2) is 0 Å². The first-order valence-corrected chi connectivity index (χ1v) is 11.1. The molecule has 4 nitrogen and oxygen atoms in total. The van der Waals surface area contributed by atoms with Crippen LogP contribution in [0.3, 0.4) is 0 Å². The Bertz CT molecular complexity index is 248. The monoisotopic (exact) mass is 374 g/mol. The third kappa shape index (κ3) is 20.2. The minimum atomic E-state index is -0.0341. The van der Waals surface area contributed by atoms with Crippen LogP contribution in [0.4, 0.5) is 0 Å². The van der Waals surface area contributed by atoms with Crippen LogP contribution in [0.2, 0.25) is 0 Å². The highest BCUT2D eigenvalue weighted by atomic mass is 16.6. The average molecular weight is 375 g/mol. The largest absolute Gasteiger partial charge is 0.394 e. The Morgan fingerprint density at radius 3 is 1.46 bits per heavy atom. The summed E-state index contributed by atoms with van der Waals surface area (Å²) >= 11 is 0. The second kappa shape index (κ2) is 22.9. The van der Waals surface area contributed by atoms with Crippen molar-refractivity contribution in [1.29, 1.82) is 0 Å².